The monoisotopic (exact) mass is 561 g/mol. The van der Waals surface area contributed by atoms with Crippen LogP contribution in [0.5, 0.6) is 5.75 Å². The number of amides is 2. The highest BCUT2D eigenvalue weighted by Crippen LogP contribution is 2.30. The number of para-hydroxylation sites is 1. The van der Waals surface area contributed by atoms with E-state index in [1.807, 2.05) is 93.4 Å². The molecule has 0 N–H and O–H groups in total. The first-order valence-corrected chi connectivity index (χ1v) is 14.8. The maximum absolute atomic E-state index is 13.0. The van der Waals surface area contributed by atoms with Crippen LogP contribution in [0.3, 0.4) is 0 Å². The first kappa shape index (κ1) is 27.0. The summed E-state index contributed by atoms with van der Waals surface area (Å²) in [6.07, 6.45) is 1.18. The third-order valence-corrected chi connectivity index (χ3v) is 8.59. The minimum atomic E-state index is -0.00821. The van der Waals surface area contributed by atoms with Crippen LogP contribution in [0.4, 0.5) is 0 Å². The van der Waals surface area contributed by atoms with Gasteiger partial charge in [-0.3, -0.25) is 14.2 Å². The number of ether oxygens (including phenoxy) is 1. The van der Waals surface area contributed by atoms with Crippen molar-refractivity contribution in [2.75, 3.05) is 32.5 Å². The number of rotatable bonds is 9. The average molecular weight is 562 g/mol. The molecule has 39 heavy (non-hydrogen) atoms. The van der Waals surface area contributed by atoms with Gasteiger partial charge >= 0.3 is 0 Å². The molecule has 0 spiro atoms. The number of carbonyl (C=O) groups is 2. The summed E-state index contributed by atoms with van der Waals surface area (Å²) in [6, 6.07) is 21.6. The molecule has 4 aromatic rings. The summed E-state index contributed by atoms with van der Waals surface area (Å²) in [5, 5.41) is 11.7. The number of piperazine rings is 1. The molecule has 0 saturated carbocycles. The normalized spacial score (nSPS) is 15.4. The van der Waals surface area contributed by atoms with Crippen molar-refractivity contribution in [1.82, 2.24) is 24.6 Å². The molecule has 0 radical (unpaired) electrons. The van der Waals surface area contributed by atoms with E-state index in [2.05, 4.69) is 10.2 Å². The van der Waals surface area contributed by atoms with Gasteiger partial charge in [0.05, 0.1) is 12.0 Å². The number of nitrogens with zero attached hydrogens (tertiary/aromatic N) is 5. The van der Waals surface area contributed by atoms with Gasteiger partial charge in [0.1, 0.15) is 5.75 Å². The largest absolute Gasteiger partial charge is 0.497 e. The number of hydrogen-bond donors (Lipinski definition) is 0. The summed E-state index contributed by atoms with van der Waals surface area (Å²) in [5.74, 6) is 2.42. The molecule has 3 heterocycles. The maximum atomic E-state index is 13.0. The zero-order chi connectivity index (χ0) is 27.2. The standard InChI is InChI=1S/C29H31N5O3S2/c1-21-20-32(15-16-33(21)28(36)25-13-7-17-38-25)26(35)14-8-18-39-29-31-30-27(22-9-6-12-24(19-22)37-2)34(29)23-10-4-3-5-11-23/h3-7,9-13,17,19,21H,8,14-16,18,20H2,1-2H3. The molecule has 5 rings (SSSR count). The van der Waals surface area contributed by atoms with Crippen LogP contribution in [0.2, 0.25) is 0 Å². The van der Waals surface area contributed by atoms with E-state index in [1.165, 1.54) is 11.3 Å². The Morgan fingerprint density at radius 1 is 1.05 bits per heavy atom. The molecule has 1 fully saturated rings. The van der Waals surface area contributed by atoms with Crippen LogP contribution in [0.15, 0.2) is 77.3 Å². The van der Waals surface area contributed by atoms with Crippen molar-refractivity contribution in [2.24, 2.45) is 0 Å². The summed E-state index contributed by atoms with van der Waals surface area (Å²) in [7, 11) is 1.65. The molecular formula is C29H31N5O3S2. The molecule has 0 aliphatic carbocycles. The van der Waals surface area contributed by atoms with Crippen LogP contribution in [0.25, 0.3) is 17.1 Å². The van der Waals surface area contributed by atoms with E-state index in [4.69, 9.17) is 4.74 Å². The Morgan fingerprint density at radius 2 is 1.90 bits per heavy atom. The Morgan fingerprint density at radius 3 is 2.64 bits per heavy atom. The molecule has 2 amide bonds. The van der Waals surface area contributed by atoms with Gasteiger partial charge < -0.3 is 14.5 Å². The molecule has 1 aliphatic heterocycles. The van der Waals surface area contributed by atoms with Gasteiger partial charge in [-0.1, -0.05) is 48.2 Å². The Balaban J connectivity index is 1.19. The van der Waals surface area contributed by atoms with Gasteiger partial charge in [-0.05, 0) is 49.1 Å². The lowest BCUT2D eigenvalue weighted by molar-refractivity contribution is -0.133. The van der Waals surface area contributed by atoms with Crippen molar-refractivity contribution < 1.29 is 14.3 Å². The van der Waals surface area contributed by atoms with Crippen LogP contribution in [-0.4, -0.2) is 74.9 Å². The van der Waals surface area contributed by atoms with Crippen molar-refractivity contribution in [2.45, 2.75) is 31.0 Å². The lowest BCUT2D eigenvalue weighted by Crippen LogP contribution is -2.55. The minimum absolute atomic E-state index is 0.00821. The number of thiophene rings is 1. The highest BCUT2D eigenvalue weighted by molar-refractivity contribution is 7.99. The molecule has 8 nitrogen and oxygen atoms in total. The number of methoxy groups -OCH3 is 1. The molecule has 1 unspecified atom stereocenters. The van der Waals surface area contributed by atoms with Crippen molar-refractivity contribution in [3.8, 4) is 22.8 Å². The fourth-order valence-corrected chi connectivity index (χ4v) is 6.26. The number of benzene rings is 2. The van der Waals surface area contributed by atoms with Crippen LogP contribution in [-0.2, 0) is 4.79 Å². The van der Waals surface area contributed by atoms with E-state index < -0.39 is 0 Å². The molecule has 10 heteroatoms. The Labute approximate surface area is 236 Å². The second-order valence-electron chi connectivity index (χ2n) is 9.33. The van der Waals surface area contributed by atoms with E-state index in [9.17, 15) is 9.59 Å². The van der Waals surface area contributed by atoms with E-state index >= 15 is 0 Å². The van der Waals surface area contributed by atoms with Gasteiger partial charge in [-0.2, -0.15) is 0 Å². The van der Waals surface area contributed by atoms with E-state index in [-0.39, 0.29) is 17.9 Å². The summed E-state index contributed by atoms with van der Waals surface area (Å²) < 4.78 is 7.45. The van der Waals surface area contributed by atoms with Gasteiger partial charge in [0, 0.05) is 49.1 Å². The predicted molar refractivity (Wildman–Crippen MR) is 155 cm³/mol. The number of thioether (sulfide) groups is 1. The molecule has 1 saturated heterocycles. The summed E-state index contributed by atoms with van der Waals surface area (Å²) in [6.45, 7) is 3.71. The van der Waals surface area contributed by atoms with Crippen LogP contribution in [0, 0.1) is 0 Å². The van der Waals surface area contributed by atoms with E-state index in [1.54, 1.807) is 18.9 Å². The maximum Gasteiger partial charge on any atom is 0.264 e. The van der Waals surface area contributed by atoms with Crippen molar-refractivity contribution in [3.63, 3.8) is 0 Å². The summed E-state index contributed by atoms with van der Waals surface area (Å²) in [4.78, 5) is 30.2. The zero-order valence-corrected chi connectivity index (χ0v) is 23.7. The zero-order valence-electron chi connectivity index (χ0n) is 22.0. The Bertz CT molecular complexity index is 1410. The van der Waals surface area contributed by atoms with Crippen molar-refractivity contribution in [1.29, 1.82) is 0 Å². The lowest BCUT2D eigenvalue weighted by Gasteiger charge is -2.39. The van der Waals surface area contributed by atoms with Crippen LogP contribution < -0.4 is 4.74 Å². The van der Waals surface area contributed by atoms with Gasteiger partial charge in [0.2, 0.25) is 5.91 Å². The fraction of sp³-hybridized carbons (Fsp3) is 0.310. The fourth-order valence-electron chi connectivity index (χ4n) is 4.69. The first-order valence-electron chi connectivity index (χ1n) is 13.0. The summed E-state index contributed by atoms with van der Waals surface area (Å²) >= 11 is 3.05. The highest BCUT2D eigenvalue weighted by Gasteiger charge is 2.30. The first-order chi connectivity index (χ1) is 19.0. The number of aromatic nitrogens is 3. The molecule has 1 atom stereocenters. The van der Waals surface area contributed by atoms with Gasteiger partial charge in [0.15, 0.2) is 11.0 Å². The smallest absolute Gasteiger partial charge is 0.264 e. The molecule has 2 aromatic heterocycles. The van der Waals surface area contributed by atoms with Crippen LogP contribution in [0.1, 0.15) is 29.4 Å². The molecule has 2 aromatic carbocycles. The number of hydrogen-bond acceptors (Lipinski definition) is 7. The summed E-state index contributed by atoms with van der Waals surface area (Å²) in [5.41, 5.74) is 1.89. The lowest BCUT2D eigenvalue weighted by atomic mass is 10.1. The van der Waals surface area contributed by atoms with Gasteiger partial charge in [-0.25, -0.2) is 0 Å². The Kier molecular flexibility index (Phi) is 8.63. The predicted octanol–water partition coefficient (Wildman–Crippen LogP) is 5.25. The number of carbonyl (C=O) groups excluding carboxylic acids is 2. The SMILES string of the molecule is COc1cccc(-c2nnc(SCCCC(=O)N3CCN(C(=O)c4cccs4)C(C)C3)n2-c2ccccc2)c1. The highest BCUT2D eigenvalue weighted by atomic mass is 32.2. The van der Waals surface area contributed by atoms with Crippen LogP contribution >= 0.6 is 23.1 Å². The van der Waals surface area contributed by atoms with Gasteiger partial charge in [0.25, 0.3) is 5.91 Å². The second kappa shape index (κ2) is 12.5. The molecule has 0 bridgehead atoms. The van der Waals surface area contributed by atoms with E-state index in [0.717, 1.165) is 45.0 Å². The molecule has 1 aliphatic rings. The minimum Gasteiger partial charge on any atom is -0.497 e. The molecular weight excluding hydrogens is 530 g/mol. The van der Waals surface area contributed by atoms with Crippen molar-refractivity contribution >= 4 is 34.9 Å². The molecule has 202 valence electrons. The third-order valence-electron chi connectivity index (χ3n) is 6.71. The van der Waals surface area contributed by atoms with E-state index in [0.29, 0.717) is 26.1 Å². The Hall–Kier alpha value is -3.63. The third kappa shape index (κ3) is 6.17. The second-order valence-corrected chi connectivity index (χ2v) is 11.3. The topological polar surface area (TPSA) is 80.6 Å². The quantitative estimate of drug-likeness (QED) is 0.205. The van der Waals surface area contributed by atoms with Crippen molar-refractivity contribution in [3.05, 3.63) is 77.0 Å². The van der Waals surface area contributed by atoms with Gasteiger partial charge in [-0.15, -0.1) is 21.5 Å². The average Bonchev–Trinajstić information content (AvgIpc) is 3.66.